The smallest absolute Gasteiger partial charge is 0.236 e. The highest BCUT2D eigenvalue weighted by molar-refractivity contribution is 8.00. The molecule has 0 bridgehead atoms. The number of hydrogen-bond acceptors (Lipinski definition) is 7. The third-order valence-corrected chi connectivity index (χ3v) is 7.04. The normalized spacial score (nSPS) is 16.6. The van der Waals surface area contributed by atoms with Crippen molar-refractivity contribution in [2.45, 2.75) is 23.0 Å². The fourth-order valence-corrected chi connectivity index (χ4v) is 5.03. The highest BCUT2D eigenvalue weighted by atomic mass is 32.2. The second-order valence-corrected chi connectivity index (χ2v) is 9.10. The molecule has 3 aromatic carbocycles. The lowest BCUT2D eigenvalue weighted by Gasteiger charge is -2.33. The van der Waals surface area contributed by atoms with Crippen molar-refractivity contribution in [2.24, 2.45) is 0 Å². The van der Waals surface area contributed by atoms with Gasteiger partial charge in [-0.15, -0.1) is 10.2 Å². The van der Waals surface area contributed by atoms with Gasteiger partial charge in [-0.3, -0.25) is 4.79 Å². The molecule has 0 spiro atoms. The Bertz CT molecular complexity index is 1290. The summed E-state index contributed by atoms with van der Waals surface area (Å²) in [6.45, 7) is 0.414. The maximum absolute atomic E-state index is 13.4. The Labute approximate surface area is 207 Å². The molecule has 9 heteroatoms. The standard InChI is InChI=1S/C26H25N5O3S/c1-33-20-12-8-17(9-13-20)16-27-25(32)23-22(18-10-14-21(34-2)15-11-18)30-31-24(28-29-26(31)35-23)19-6-4-3-5-7-19/h3-15,22-23,30H,16H2,1-2H3,(H,27,32)/t22-,23+/m0/s1. The summed E-state index contributed by atoms with van der Waals surface area (Å²) >= 11 is 1.40. The van der Waals surface area contributed by atoms with Crippen LogP contribution in [0.4, 0.5) is 0 Å². The first kappa shape index (κ1) is 22.8. The van der Waals surface area contributed by atoms with Gasteiger partial charge in [0.1, 0.15) is 16.7 Å². The zero-order valence-electron chi connectivity index (χ0n) is 19.3. The second kappa shape index (κ2) is 10.1. The minimum absolute atomic E-state index is 0.0883. The van der Waals surface area contributed by atoms with E-state index < -0.39 is 5.25 Å². The first-order valence-electron chi connectivity index (χ1n) is 11.1. The molecule has 178 valence electrons. The highest BCUT2D eigenvalue weighted by Crippen LogP contribution is 2.39. The summed E-state index contributed by atoms with van der Waals surface area (Å²) in [5.41, 5.74) is 6.38. The molecular formula is C26H25N5O3S. The fraction of sp³-hybridized carbons (Fsp3) is 0.192. The lowest BCUT2D eigenvalue weighted by Crippen LogP contribution is -2.43. The van der Waals surface area contributed by atoms with E-state index in [4.69, 9.17) is 9.47 Å². The fourth-order valence-electron chi connectivity index (χ4n) is 3.92. The van der Waals surface area contributed by atoms with Gasteiger partial charge in [0.2, 0.25) is 11.1 Å². The number of rotatable bonds is 7. The van der Waals surface area contributed by atoms with Crippen molar-refractivity contribution in [3.8, 4) is 22.9 Å². The lowest BCUT2D eigenvalue weighted by atomic mass is 10.0. The summed E-state index contributed by atoms with van der Waals surface area (Å²) in [6.07, 6.45) is 0. The Morgan fingerprint density at radius 3 is 2.26 bits per heavy atom. The van der Waals surface area contributed by atoms with E-state index >= 15 is 0 Å². The number of nitrogens with zero attached hydrogens (tertiary/aromatic N) is 3. The molecule has 4 aromatic rings. The summed E-state index contributed by atoms with van der Waals surface area (Å²) in [5.74, 6) is 2.14. The van der Waals surface area contributed by atoms with Crippen LogP contribution in [0.25, 0.3) is 11.4 Å². The molecule has 8 nitrogen and oxygen atoms in total. The maximum Gasteiger partial charge on any atom is 0.236 e. The van der Waals surface area contributed by atoms with Crippen molar-refractivity contribution in [3.05, 3.63) is 90.0 Å². The molecule has 0 fully saturated rings. The van der Waals surface area contributed by atoms with Gasteiger partial charge in [0.05, 0.1) is 20.3 Å². The Balaban J connectivity index is 1.42. The summed E-state index contributed by atoms with van der Waals surface area (Å²) < 4.78 is 12.4. The van der Waals surface area contributed by atoms with Crippen molar-refractivity contribution >= 4 is 17.7 Å². The van der Waals surface area contributed by atoms with Gasteiger partial charge in [-0.1, -0.05) is 66.4 Å². The van der Waals surface area contributed by atoms with Crippen molar-refractivity contribution in [1.29, 1.82) is 0 Å². The average molecular weight is 488 g/mol. The topological polar surface area (TPSA) is 90.3 Å². The number of methoxy groups -OCH3 is 2. The van der Waals surface area contributed by atoms with E-state index in [2.05, 4.69) is 20.9 Å². The minimum Gasteiger partial charge on any atom is -0.497 e. The molecule has 0 saturated carbocycles. The quantitative estimate of drug-likeness (QED) is 0.407. The Kier molecular flexibility index (Phi) is 6.58. The van der Waals surface area contributed by atoms with Crippen LogP contribution in [0.5, 0.6) is 11.5 Å². The number of nitrogens with one attached hydrogen (secondary N) is 2. The largest absolute Gasteiger partial charge is 0.497 e. The van der Waals surface area contributed by atoms with Crippen LogP contribution < -0.4 is 20.2 Å². The van der Waals surface area contributed by atoms with Crippen molar-refractivity contribution in [3.63, 3.8) is 0 Å². The van der Waals surface area contributed by atoms with Gasteiger partial charge < -0.3 is 20.2 Å². The van der Waals surface area contributed by atoms with Crippen LogP contribution in [-0.4, -0.2) is 40.3 Å². The molecule has 2 atom stereocenters. The van der Waals surface area contributed by atoms with E-state index in [9.17, 15) is 4.79 Å². The first-order chi connectivity index (χ1) is 17.2. The number of aromatic nitrogens is 3. The summed E-state index contributed by atoms with van der Waals surface area (Å²) in [5, 5.41) is 12.0. The molecule has 2 heterocycles. The highest BCUT2D eigenvalue weighted by Gasteiger charge is 2.38. The van der Waals surface area contributed by atoms with Crippen molar-refractivity contribution < 1.29 is 14.3 Å². The number of carbonyl (C=O) groups is 1. The van der Waals surface area contributed by atoms with E-state index in [1.54, 1.807) is 14.2 Å². The number of carbonyl (C=O) groups excluding carboxylic acids is 1. The van der Waals surface area contributed by atoms with Crippen LogP contribution in [0, 0.1) is 0 Å². The van der Waals surface area contributed by atoms with Gasteiger partial charge in [0.25, 0.3) is 0 Å². The van der Waals surface area contributed by atoms with Gasteiger partial charge >= 0.3 is 0 Å². The molecule has 1 aliphatic rings. The number of hydrogen-bond donors (Lipinski definition) is 2. The first-order valence-corrected chi connectivity index (χ1v) is 12.0. The monoisotopic (exact) mass is 487 g/mol. The number of ether oxygens (including phenoxy) is 2. The molecule has 0 radical (unpaired) electrons. The lowest BCUT2D eigenvalue weighted by molar-refractivity contribution is -0.121. The van der Waals surface area contributed by atoms with Gasteiger partial charge in [-0.2, -0.15) is 0 Å². The summed E-state index contributed by atoms with van der Waals surface area (Å²) in [7, 11) is 3.26. The van der Waals surface area contributed by atoms with Crippen molar-refractivity contribution in [2.75, 3.05) is 19.6 Å². The third kappa shape index (κ3) is 4.81. The molecule has 1 aromatic heterocycles. The predicted octanol–water partition coefficient (Wildman–Crippen LogP) is 4.04. The van der Waals surface area contributed by atoms with E-state index in [0.717, 1.165) is 28.2 Å². The van der Waals surface area contributed by atoms with Crippen LogP contribution >= 0.6 is 11.8 Å². The average Bonchev–Trinajstić information content (AvgIpc) is 3.35. The van der Waals surface area contributed by atoms with Crippen molar-refractivity contribution in [1.82, 2.24) is 20.2 Å². The Hall–Kier alpha value is -3.98. The number of benzene rings is 3. The summed E-state index contributed by atoms with van der Waals surface area (Å²) in [6, 6.07) is 24.9. The molecular weight excluding hydrogens is 462 g/mol. The molecule has 1 aliphatic heterocycles. The minimum atomic E-state index is -0.457. The van der Waals surface area contributed by atoms with Gasteiger partial charge in [0.15, 0.2) is 5.82 Å². The molecule has 0 saturated heterocycles. The molecule has 1 amide bonds. The maximum atomic E-state index is 13.4. The zero-order chi connectivity index (χ0) is 24.2. The second-order valence-electron chi connectivity index (χ2n) is 7.99. The van der Waals surface area contributed by atoms with Crippen LogP contribution in [0.2, 0.25) is 0 Å². The Morgan fingerprint density at radius 1 is 0.943 bits per heavy atom. The number of thioether (sulfide) groups is 1. The van der Waals surface area contributed by atoms with Crippen LogP contribution in [0.1, 0.15) is 17.2 Å². The SMILES string of the molecule is COc1ccc(CNC(=O)[C@@H]2Sc3nnc(-c4ccccc4)n3N[C@H]2c2ccc(OC)cc2)cc1. The van der Waals surface area contributed by atoms with E-state index in [1.807, 2.05) is 83.5 Å². The van der Waals surface area contributed by atoms with E-state index in [1.165, 1.54) is 11.8 Å². The number of fused-ring (bicyclic) bond motifs is 1. The predicted molar refractivity (Wildman–Crippen MR) is 135 cm³/mol. The van der Waals surface area contributed by atoms with E-state index in [0.29, 0.717) is 17.5 Å². The molecule has 0 aliphatic carbocycles. The molecule has 35 heavy (non-hydrogen) atoms. The molecule has 0 unspecified atom stereocenters. The zero-order valence-corrected chi connectivity index (χ0v) is 20.2. The third-order valence-electron chi connectivity index (χ3n) is 5.83. The van der Waals surface area contributed by atoms with Gasteiger partial charge in [0, 0.05) is 12.1 Å². The van der Waals surface area contributed by atoms with E-state index in [-0.39, 0.29) is 11.9 Å². The van der Waals surface area contributed by atoms with Gasteiger partial charge in [-0.25, -0.2) is 4.68 Å². The van der Waals surface area contributed by atoms with Crippen LogP contribution in [-0.2, 0) is 11.3 Å². The molecule has 2 N–H and O–H groups in total. The molecule has 5 rings (SSSR count). The van der Waals surface area contributed by atoms with Gasteiger partial charge in [-0.05, 0) is 35.4 Å². The Morgan fingerprint density at radius 2 is 1.60 bits per heavy atom. The van der Waals surface area contributed by atoms with Crippen LogP contribution in [0.15, 0.2) is 84.0 Å². The van der Waals surface area contributed by atoms with Crippen LogP contribution in [0.3, 0.4) is 0 Å². The number of amides is 1. The summed E-state index contributed by atoms with van der Waals surface area (Å²) in [4.78, 5) is 13.4.